The summed E-state index contributed by atoms with van der Waals surface area (Å²) in [6, 6.07) is 16.8. The van der Waals surface area contributed by atoms with Crippen molar-refractivity contribution < 1.29 is 8.78 Å². The highest BCUT2D eigenvalue weighted by atomic mass is 32.2. The third-order valence-corrected chi connectivity index (χ3v) is 3.93. The van der Waals surface area contributed by atoms with Crippen LogP contribution in [0.3, 0.4) is 0 Å². The van der Waals surface area contributed by atoms with Crippen LogP contribution in [0.2, 0.25) is 0 Å². The summed E-state index contributed by atoms with van der Waals surface area (Å²) in [6.45, 7) is 2.02. The Hall–Kier alpha value is -1.66. The summed E-state index contributed by atoms with van der Waals surface area (Å²) in [7, 11) is 0. The first-order valence-electron chi connectivity index (χ1n) is 6.72. The maximum atomic E-state index is 12.3. The third kappa shape index (κ3) is 5.27. The molecule has 0 aliphatic heterocycles. The van der Waals surface area contributed by atoms with E-state index in [1.165, 1.54) is 0 Å². The van der Waals surface area contributed by atoms with Crippen LogP contribution in [0.15, 0.2) is 59.5 Å². The Kier molecular flexibility index (Phi) is 6.15. The molecule has 2 rings (SSSR count). The second-order valence-electron chi connectivity index (χ2n) is 4.63. The van der Waals surface area contributed by atoms with E-state index in [9.17, 15) is 8.78 Å². The first kappa shape index (κ1) is 16.7. The molecule has 2 nitrogen and oxygen atoms in total. The smallest absolute Gasteiger partial charge is 0.288 e. The molecule has 0 aliphatic rings. The highest BCUT2D eigenvalue weighted by Gasteiger charge is 2.07. The van der Waals surface area contributed by atoms with Crippen LogP contribution in [0.1, 0.15) is 18.5 Å². The molecule has 0 spiro atoms. The molecule has 0 bridgehead atoms. The molecule has 0 amide bonds. The van der Waals surface area contributed by atoms with Gasteiger partial charge in [-0.05, 0) is 49.0 Å². The van der Waals surface area contributed by atoms with Crippen molar-refractivity contribution in [3.63, 3.8) is 0 Å². The summed E-state index contributed by atoms with van der Waals surface area (Å²) in [4.78, 5) is 0.525. The molecule has 22 heavy (non-hydrogen) atoms. The fourth-order valence-corrected chi connectivity index (χ4v) is 2.70. The van der Waals surface area contributed by atoms with Gasteiger partial charge in [-0.1, -0.05) is 42.1 Å². The van der Waals surface area contributed by atoms with Crippen molar-refractivity contribution in [3.8, 4) is 0 Å². The summed E-state index contributed by atoms with van der Waals surface area (Å²) < 4.78 is 24.5. The molecule has 2 aromatic carbocycles. The lowest BCUT2D eigenvalue weighted by atomic mass is 10.1. The Morgan fingerprint density at radius 3 is 2.27 bits per heavy atom. The quantitative estimate of drug-likeness (QED) is 0.588. The highest BCUT2D eigenvalue weighted by Crippen LogP contribution is 2.26. The van der Waals surface area contributed by atoms with Crippen molar-refractivity contribution in [2.24, 2.45) is 0 Å². The number of nitrogens with one attached hydrogen (secondary N) is 2. The average molecular weight is 338 g/mol. The van der Waals surface area contributed by atoms with Gasteiger partial charge in [0.2, 0.25) is 0 Å². The third-order valence-electron chi connectivity index (χ3n) is 2.98. The van der Waals surface area contributed by atoms with E-state index in [1.807, 2.05) is 37.3 Å². The Morgan fingerprint density at radius 1 is 1.05 bits per heavy atom. The molecule has 2 aromatic rings. The van der Waals surface area contributed by atoms with Crippen molar-refractivity contribution in [2.75, 3.05) is 5.32 Å². The van der Waals surface area contributed by atoms with Gasteiger partial charge in [-0.2, -0.15) is 8.78 Å². The summed E-state index contributed by atoms with van der Waals surface area (Å²) in [5.74, 6) is -2.41. The maximum absolute atomic E-state index is 12.3. The van der Waals surface area contributed by atoms with E-state index in [1.54, 1.807) is 24.3 Å². The van der Waals surface area contributed by atoms with Gasteiger partial charge in [0.25, 0.3) is 5.76 Å². The SMILES string of the molecule is C[C@H](NC(=S)Nc1ccc(SC(F)F)cc1)c1ccccc1. The first-order chi connectivity index (χ1) is 10.5. The molecule has 0 radical (unpaired) electrons. The molecule has 1 atom stereocenters. The molecular formula is C16H16F2N2S2. The van der Waals surface area contributed by atoms with E-state index in [0.717, 1.165) is 11.3 Å². The predicted octanol–water partition coefficient (Wildman–Crippen LogP) is 5.05. The van der Waals surface area contributed by atoms with E-state index >= 15 is 0 Å². The minimum Gasteiger partial charge on any atom is -0.356 e. The van der Waals surface area contributed by atoms with Crippen LogP contribution in [0, 0.1) is 0 Å². The van der Waals surface area contributed by atoms with Crippen LogP contribution in [-0.2, 0) is 0 Å². The monoisotopic (exact) mass is 338 g/mol. The topological polar surface area (TPSA) is 24.1 Å². The maximum Gasteiger partial charge on any atom is 0.288 e. The number of benzene rings is 2. The van der Waals surface area contributed by atoms with Gasteiger partial charge in [-0.3, -0.25) is 0 Å². The van der Waals surface area contributed by atoms with Crippen LogP contribution < -0.4 is 10.6 Å². The fraction of sp³-hybridized carbons (Fsp3) is 0.188. The average Bonchev–Trinajstić information content (AvgIpc) is 2.49. The van der Waals surface area contributed by atoms with Gasteiger partial charge in [0, 0.05) is 10.6 Å². The minimum atomic E-state index is -2.41. The van der Waals surface area contributed by atoms with Crippen molar-refractivity contribution in [1.82, 2.24) is 5.32 Å². The number of anilines is 1. The Balaban J connectivity index is 1.89. The first-order valence-corrected chi connectivity index (χ1v) is 8.01. The molecule has 0 aromatic heterocycles. The zero-order valence-electron chi connectivity index (χ0n) is 11.9. The number of alkyl halides is 2. The Bertz CT molecular complexity index is 603. The fourth-order valence-electron chi connectivity index (χ4n) is 1.91. The number of thiocarbonyl (C=S) groups is 1. The van der Waals surface area contributed by atoms with Gasteiger partial charge in [0.1, 0.15) is 0 Å². The van der Waals surface area contributed by atoms with Crippen LogP contribution in [-0.4, -0.2) is 10.9 Å². The van der Waals surface area contributed by atoms with Crippen molar-refractivity contribution in [1.29, 1.82) is 0 Å². The normalized spacial score (nSPS) is 12.0. The summed E-state index contributed by atoms with van der Waals surface area (Å²) in [5, 5.41) is 6.72. The number of hydrogen-bond donors (Lipinski definition) is 2. The van der Waals surface area contributed by atoms with Gasteiger partial charge in [-0.25, -0.2) is 0 Å². The van der Waals surface area contributed by atoms with Crippen molar-refractivity contribution in [3.05, 3.63) is 60.2 Å². The molecule has 0 unspecified atom stereocenters. The lowest BCUT2D eigenvalue weighted by Crippen LogP contribution is -2.30. The Morgan fingerprint density at radius 2 is 1.68 bits per heavy atom. The number of thioether (sulfide) groups is 1. The van der Waals surface area contributed by atoms with E-state index in [-0.39, 0.29) is 6.04 Å². The van der Waals surface area contributed by atoms with Crippen molar-refractivity contribution in [2.45, 2.75) is 23.6 Å². The van der Waals surface area contributed by atoms with E-state index < -0.39 is 5.76 Å². The lowest BCUT2D eigenvalue weighted by molar-refractivity contribution is 0.252. The van der Waals surface area contributed by atoms with Crippen LogP contribution in [0.4, 0.5) is 14.5 Å². The van der Waals surface area contributed by atoms with Gasteiger partial charge in [-0.15, -0.1) is 0 Å². The molecule has 0 saturated heterocycles. The van der Waals surface area contributed by atoms with Crippen LogP contribution in [0.25, 0.3) is 0 Å². The van der Waals surface area contributed by atoms with Gasteiger partial charge in [0.15, 0.2) is 5.11 Å². The zero-order valence-corrected chi connectivity index (χ0v) is 13.6. The van der Waals surface area contributed by atoms with Crippen molar-refractivity contribution >= 4 is 34.8 Å². The predicted molar refractivity (Wildman–Crippen MR) is 92.5 cm³/mol. The summed E-state index contributed by atoms with van der Waals surface area (Å²) in [6.07, 6.45) is 0. The molecule has 0 heterocycles. The molecule has 0 fully saturated rings. The van der Waals surface area contributed by atoms with Crippen LogP contribution in [0.5, 0.6) is 0 Å². The van der Waals surface area contributed by atoms with E-state index in [2.05, 4.69) is 10.6 Å². The number of rotatable bonds is 5. The number of halogens is 2. The van der Waals surface area contributed by atoms with Gasteiger partial charge in [0.05, 0.1) is 6.04 Å². The molecule has 0 aliphatic carbocycles. The highest BCUT2D eigenvalue weighted by molar-refractivity contribution is 7.99. The standard InChI is InChI=1S/C16H16F2N2S2/c1-11(12-5-3-2-4-6-12)19-16(21)20-13-7-9-14(10-8-13)22-15(17)18/h2-11,15H,1H3,(H2,19,20,21)/t11-/m0/s1. The molecule has 116 valence electrons. The summed E-state index contributed by atoms with van der Waals surface area (Å²) in [5.41, 5.74) is 1.90. The van der Waals surface area contributed by atoms with Gasteiger partial charge < -0.3 is 10.6 Å². The van der Waals surface area contributed by atoms with E-state index in [0.29, 0.717) is 21.8 Å². The van der Waals surface area contributed by atoms with E-state index in [4.69, 9.17) is 12.2 Å². The second-order valence-corrected chi connectivity index (χ2v) is 6.11. The molecule has 2 N–H and O–H groups in total. The molecule has 0 saturated carbocycles. The minimum absolute atomic E-state index is 0.0786. The second kappa shape index (κ2) is 8.10. The summed E-state index contributed by atoms with van der Waals surface area (Å²) >= 11 is 5.79. The largest absolute Gasteiger partial charge is 0.356 e. The molecular weight excluding hydrogens is 322 g/mol. The number of hydrogen-bond acceptors (Lipinski definition) is 2. The van der Waals surface area contributed by atoms with Crippen LogP contribution >= 0.6 is 24.0 Å². The molecule has 6 heteroatoms. The van der Waals surface area contributed by atoms with Gasteiger partial charge >= 0.3 is 0 Å². The zero-order chi connectivity index (χ0) is 15.9. The lowest BCUT2D eigenvalue weighted by Gasteiger charge is -2.17. The Labute approximate surface area is 138 Å².